The van der Waals surface area contributed by atoms with Crippen LogP contribution in [0, 0.1) is 17.2 Å². The fraction of sp³-hybridized carbons (Fsp3) is 0.464. The molecule has 2 fully saturated rings. The minimum Gasteiger partial charge on any atom is -0.346 e. The largest absolute Gasteiger partial charge is 0.346 e. The molecule has 2 aliphatic rings. The number of H-pyrrole nitrogens is 1. The molecule has 0 spiro atoms. The zero-order valence-corrected chi connectivity index (χ0v) is 21.8. The third-order valence-electron chi connectivity index (χ3n) is 8.10. The Kier molecular flexibility index (Phi) is 6.47. The normalized spacial score (nSPS) is 18.1. The number of hydrogen-bond acceptors (Lipinski definition) is 6. The molecule has 9 heteroatoms. The van der Waals surface area contributed by atoms with Crippen LogP contribution in [0.15, 0.2) is 52.5 Å². The molecule has 4 heterocycles. The van der Waals surface area contributed by atoms with Crippen molar-refractivity contribution < 1.29 is 8.42 Å². The van der Waals surface area contributed by atoms with Crippen molar-refractivity contribution in [2.45, 2.75) is 67.3 Å². The summed E-state index contributed by atoms with van der Waals surface area (Å²) in [7, 11) is -3.86. The number of sulfone groups is 1. The summed E-state index contributed by atoms with van der Waals surface area (Å²) in [6, 6.07) is 13.0. The van der Waals surface area contributed by atoms with E-state index in [0.29, 0.717) is 23.5 Å². The second kappa shape index (κ2) is 9.92. The molecule has 0 amide bonds. The lowest BCUT2D eigenvalue weighted by Gasteiger charge is -2.33. The summed E-state index contributed by atoms with van der Waals surface area (Å²) in [4.78, 5) is 15.5. The van der Waals surface area contributed by atoms with Crippen molar-refractivity contribution in [3.05, 3.63) is 48.4 Å². The molecule has 1 aliphatic heterocycles. The van der Waals surface area contributed by atoms with Gasteiger partial charge in [-0.25, -0.2) is 18.4 Å². The minimum atomic E-state index is -3.86. The van der Waals surface area contributed by atoms with E-state index in [1.807, 2.05) is 18.3 Å². The van der Waals surface area contributed by atoms with Gasteiger partial charge in [0.25, 0.3) is 0 Å². The predicted molar refractivity (Wildman–Crippen MR) is 142 cm³/mol. The van der Waals surface area contributed by atoms with Crippen molar-refractivity contribution >= 4 is 31.9 Å². The lowest BCUT2D eigenvalue weighted by Crippen LogP contribution is -2.35. The first kappa shape index (κ1) is 24.1. The van der Waals surface area contributed by atoms with Gasteiger partial charge in [-0.05, 0) is 37.0 Å². The first-order chi connectivity index (χ1) is 18.1. The Bertz CT molecular complexity index is 1550. The lowest BCUT2D eigenvalue weighted by molar-refractivity contribution is 0.189. The molecule has 192 valence electrons. The average Bonchev–Trinajstić information content (AvgIpc) is 3.68. The number of fused-ring (bicyclic) bond motifs is 3. The SMILES string of the molecule is N#CCCN1CCC(n2c(CC3CCCC3)nc3c(S(=O)(=O)c4ccccc4)nc4[nH]ccc4c32)CC1. The van der Waals surface area contributed by atoms with Crippen LogP contribution in [-0.4, -0.2) is 52.5 Å². The van der Waals surface area contributed by atoms with E-state index >= 15 is 0 Å². The number of pyridine rings is 1. The van der Waals surface area contributed by atoms with E-state index in [1.54, 1.807) is 24.3 Å². The molecule has 3 aromatic heterocycles. The second-order valence-corrected chi connectivity index (χ2v) is 12.3. The Morgan fingerprint density at radius 1 is 1.03 bits per heavy atom. The molecule has 1 aromatic carbocycles. The highest BCUT2D eigenvalue weighted by Crippen LogP contribution is 2.38. The van der Waals surface area contributed by atoms with Gasteiger partial charge in [-0.3, -0.25) is 0 Å². The van der Waals surface area contributed by atoms with Crippen molar-refractivity contribution in [3.8, 4) is 6.07 Å². The number of aromatic amines is 1. The molecule has 37 heavy (non-hydrogen) atoms. The Hall–Kier alpha value is -3.22. The number of likely N-dealkylation sites (tertiary alicyclic amines) is 1. The monoisotopic (exact) mass is 516 g/mol. The smallest absolute Gasteiger partial charge is 0.226 e. The van der Waals surface area contributed by atoms with Gasteiger partial charge in [-0.1, -0.05) is 43.9 Å². The molecular weight excluding hydrogens is 484 g/mol. The minimum absolute atomic E-state index is 0.0292. The van der Waals surface area contributed by atoms with Crippen molar-refractivity contribution in [1.82, 2.24) is 24.4 Å². The molecule has 0 atom stereocenters. The average molecular weight is 517 g/mol. The third kappa shape index (κ3) is 4.42. The van der Waals surface area contributed by atoms with Crippen molar-refractivity contribution in [1.29, 1.82) is 5.26 Å². The summed E-state index contributed by atoms with van der Waals surface area (Å²) in [5, 5.41) is 9.94. The molecule has 0 bridgehead atoms. The highest BCUT2D eigenvalue weighted by Gasteiger charge is 2.32. The van der Waals surface area contributed by atoms with Crippen LogP contribution in [0.1, 0.15) is 56.8 Å². The van der Waals surface area contributed by atoms with Crippen LogP contribution < -0.4 is 0 Å². The van der Waals surface area contributed by atoms with E-state index in [9.17, 15) is 8.42 Å². The second-order valence-electron chi connectivity index (χ2n) is 10.4. The van der Waals surface area contributed by atoms with Crippen LogP contribution in [-0.2, 0) is 16.3 Å². The fourth-order valence-corrected chi connectivity index (χ4v) is 7.55. The topological polar surface area (TPSA) is 108 Å². The summed E-state index contributed by atoms with van der Waals surface area (Å²) in [5.41, 5.74) is 1.93. The molecule has 8 nitrogen and oxygen atoms in total. The molecule has 0 unspecified atom stereocenters. The first-order valence-electron chi connectivity index (χ1n) is 13.3. The van der Waals surface area contributed by atoms with Crippen LogP contribution in [0.25, 0.3) is 22.1 Å². The maximum Gasteiger partial charge on any atom is 0.226 e. The van der Waals surface area contributed by atoms with E-state index in [2.05, 4.69) is 25.5 Å². The van der Waals surface area contributed by atoms with E-state index in [0.717, 1.165) is 55.6 Å². The van der Waals surface area contributed by atoms with Crippen molar-refractivity contribution in [2.75, 3.05) is 19.6 Å². The summed E-state index contributed by atoms with van der Waals surface area (Å²) in [5.74, 6) is 1.56. The van der Waals surface area contributed by atoms with Gasteiger partial charge in [0.05, 0.1) is 16.5 Å². The standard InChI is InChI=1S/C28H32N6O2S/c29-14-6-16-33-17-12-21(13-18-33)34-24(19-20-7-4-5-8-20)31-25-26(34)23-11-15-30-27(23)32-28(25)37(35,36)22-9-2-1-3-10-22/h1-3,9-11,15,20-21H,4-8,12-13,16-19H2,(H,30,32). The Balaban J connectivity index is 1.52. The van der Waals surface area contributed by atoms with Gasteiger partial charge >= 0.3 is 0 Å². The van der Waals surface area contributed by atoms with Crippen LogP contribution >= 0.6 is 0 Å². The fourth-order valence-electron chi connectivity index (χ4n) is 6.20. The lowest BCUT2D eigenvalue weighted by atomic mass is 10.0. The number of rotatable bonds is 7. The number of piperidine rings is 1. The van der Waals surface area contributed by atoms with Gasteiger partial charge in [0.2, 0.25) is 9.84 Å². The van der Waals surface area contributed by atoms with Crippen molar-refractivity contribution in [2.24, 2.45) is 5.92 Å². The van der Waals surface area contributed by atoms with Crippen LogP contribution in [0.3, 0.4) is 0 Å². The van der Waals surface area contributed by atoms with Gasteiger partial charge in [0.15, 0.2) is 5.03 Å². The Morgan fingerprint density at radius 3 is 2.51 bits per heavy atom. The van der Waals surface area contributed by atoms with Gasteiger partial charge in [0.1, 0.15) is 17.0 Å². The van der Waals surface area contributed by atoms with Crippen LogP contribution in [0.2, 0.25) is 0 Å². The summed E-state index contributed by atoms with van der Waals surface area (Å²) in [6.45, 7) is 2.64. The van der Waals surface area contributed by atoms with Gasteiger partial charge in [-0.15, -0.1) is 0 Å². The van der Waals surface area contributed by atoms with E-state index in [1.165, 1.54) is 25.7 Å². The van der Waals surface area contributed by atoms with Gasteiger partial charge < -0.3 is 14.5 Å². The number of nitrogens with one attached hydrogen (secondary N) is 1. The maximum absolute atomic E-state index is 13.8. The molecule has 0 radical (unpaired) electrons. The van der Waals surface area contributed by atoms with Crippen molar-refractivity contribution in [3.63, 3.8) is 0 Å². The molecule has 1 aliphatic carbocycles. The Labute approximate surface area is 217 Å². The number of benzene rings is 1. The zero-order chi connectivity index (χ0) is 25.4. The number of aromatic nitrogens is 4. The van der Waals surface area contributed by atoms with Crippen LogP contribution in [0.4, 0.5) is 0 Å². The highest BCUT2D eigenvalue weighted by molar-refractivity contribution is 7.91. The number of hydrogen-bond donors (Lipinski definition) is 1. The summed E-state index contributed by atoms with van der Waals surface area (Å²) in [6.07, 6.45) is 10.0. The molecule has 1 saturated heterocycles. The van der Waals surface area contributed by atoms with Gasteiger partial charge in [-0.2, -0.15) is 5.26 Å². The zero-order valence-electron chi connectivity index (χ0n) is 20.9. The van der Waals surface area contributed by atoms with E-state index in [-0.39, 0.29) is 16.0 Å². The molecular formula is C28H32N6O2S. The molecule has 6 rings (SSSR count). The predicted octanol–water partition coefficient (Wildman–Crippen LogP) is 5.03. The number of imidazole rings is 1. The first-order valence-corrected chi connectivity index (χ1v) is 14.8. The summed E-state index contributed by atoms with van der Waals surface area (Å²) >= 11 is 0. The molecule has 4 aromatic rings. The van der Waals surface area contributed by atoms with Crippen LogP contribution in [0.5, 0.6) is 0 Å². The number of nitriles is 1. The van der Waals surface area contributed by atoms with Gasteiger partial charge in [0, 0.05) is 50.1 Å². The van der Waals surface area contributed by atoms with E-state index < -0.39 is 9.84 Å². The molecule has 1 saturated carbocycles. The highest BCUT2D eigenvalue weighted by atomic mass is 32.2. The molecule has 1 N–H and O–H groups in total. The number of nitrogens with zero attached hydrogens (tertiary/aromatic N) is 5. The Morgan fingerprint density at radius 2 is 1.78 bits per heavy atom. The third-order valence-corrected chi connectivity index (χ3v) is 9.78. The maximum atomic E-state index is 13.8. The quantitative estimate of drug-likeness (QED) is 0.369. The van der Waals surface area contributed by atoms with E-state index in [4.69, 9.17) is 10.2 Å². The summed E-state index contributed by atoms with van der Waals surface area (Å²) < 4.78 is 30.0.